The molecule has 0 amide bonds. The zero-order valence-electron chi connectivity index (χ0n) is 45.3. The summed E-state index contributed by atoms with van der Waals surface area (Å²) in [6.07, 6.45) is 56.6. The van der Waals surface area contributed by atoms with Crippen molar-refractivity contribution in [2.24, 2.45) is 11.8 Å². The minimum absolute atomic E-state index is 0.0626. The number of unbranched alkanes of at least 4 members (excludes halogenated alkanes) is 38. The highest BCUT2D eigenvalue weighted by Crippen LogP contribution is 2.19. The van der Waals surface area contributed by atoms with Crippen molar-refractivity contribution in [2.75, 3.05) is 13.2 Å². The third-order valence-corrected chi connectivity index (χ3v) is 14.1. The lowest BCUT2D eigenvalue weighted by Crippen LogP contribution is -2.30. The molecule has 1 unspecified atom stereocenters. The molecule has 66 heavy (non-hydrogen) atoms. The first-order valence-corrected chi connectivity index (χ1v) is 29.8. The Kier molecular flexibility index (Phi) is 51.5. The summed E-state index contributed by atoms with van der Waals surface area (Å²) in [4.78, 5) is 38.1. The maximum Gasteiger partial charge on any atom is 0.306 e. The second kappa shape index (κ2) is 52.8. The van der Waals surface area contributed by atoms with Crippen LogP contribution in [-0.4, -0.2) is 37.2 Å². The molecule has 0 saturated carbocycles. The molecule has 392 valence electrons. The van der Waals surface area contributed by atoms with Gasteiger partial charge in [-0.15, -0.1) is 0 Å². The van der Waals surface area contributed by atoms with Gasteiger partial charge in [0.2, 0.25) is 0 Å². The average Bonchev–Trinajstić information content (AvgIpc) is 3.30. The summed E-state index contributed by atoms with van der Waals surface area (Å²) in [5.41, 5.74) is 0. The highest BCUT2D eigenvalue weighted by atomic mass is 16.6. The lowest BCUT2D eigenvalue weighted by molar-refractivity contribution is -0.167. The number of rotatable bonds is 54. The van der Waals surface area contributed by atoms with E-state index in [-0.39, 0.29) is 31.1 Å². The van der Waals surface area contributed by atoms with E-state index in [0.29, 0.717) is 19.3 Å². The van der Waals surface area contributed by atoms with E-state index in [1.165, 1.54) is 225 Å². The van der Waals surface area contributed by atoms with E-state index in [1.54, 1.807) is 0 Å². The van der Waals surface area contributed by atoms with Crippen LogP contribution < -0.4 is 0 Å². The van der Waals surface area contributed by atoms with E-state index < -0.39 is 6.10 Å². The normalized spacial score (nSPS) is 12.5. The summed E-state index contributed by atoms with van der Waals surface area (Å²) < 4.78 is 16.9. The smallest absolute Gasteiger partial charge is 0.306 e. The van der Waals surface area contributed by atoms with Crippen molar-refractivity contribution in [2.45, 2.75) is 343 Å². The van der Waals surface area contributed by atoms with Crippen LogP contribution in [0.2, 0.25) is 0 Å². The van der Waals surface area contributed by atoms with Crippen molar-refractivity contribution in [1.29, 1.82) is 0 Å². The molecule has 0 aliphatic rings. The predicted octanol–water partition coefficient (Wildman–Crippen LogP) is 19.7. The van der Waals surface area contributed by atoms with E-state index in [2.05, 4.69) is 34.6 Å². The summed E-state index contributed by atoms with van der Waals surface area (Å²) in [5, 5.41) is 0. The second-order valence-corrected chi connectivity index (χ2v) is 21.4. The first kappa shape index (κ1) is 64.4. The molecule has 0 aliphatic heterocycles. The second-order valence-electron chi connectivity index (χ2n) is 21.4. The molecule has 0 aromatic carbocycles. The van der Waals surface area contributed by atoms with E-state index in [0.717, 1.165) is 69.6 Å². The number of carbonyl (C=O) groups excluding carboxylic acids is 3. The molecule has 0 heterocycles. The fourth-order valence-electron chi connectivity index (χ4n) is 9.20. The molecule has 0 aromatic heterocycles. The zero-order valence-corrected chi connectivity index (χ0v) is 45.3. The van der Waals surface area contributed by atoms with Crippen LogP contribution in [0.15, 0.2) is 0 Å². The minimum Gasteiger partial charge on any atom is -0.462 e. The molecule has 0 fully saturated rings. The van der Waals surface area contributed by atoms with Crippen molar-refractivity contribution in [3.8, 4) is 0 Å². The van der Waals surface area contributed by atoms with Crippen LogP contribution >= 0.6 is 0 Å². The van der Waals surface area contributed by atoms with Crippen molar-refractivity contribution in [1.82, 2.24) is 0 Å². The van der Waals surface area contributed by atoms with Gasteiger partial charge in [0.1, 0.15) is 13.2 Å². The van der Waals surface area contributed by atoms with E-state index in [9.17, 15) is 14.4 Å². The Bertz CT molecular complexity index is 1010. The van der Waals surface area contributed by atoms with E-state index in [4.69, 9.17) is 14.2 Å². The van der Waals surface area contributed by atoms with Crippen LogP contribution in [0.25, 0.3) is 0 Å². The molecular weight excluding hydrogens is 817 g/mol. The molecule has 0 radical (unpaired) electrons. The van der Waals surface area contributed by atoms with E-state index in [1.807, 2.05) is 0 Å². The van der Waals surface area contributed by atoms with Gasteiger partial charge >= 0.3 is 17.9 Å². The Morgan fingerprint density at radius 1 is 0.318 bits per heavy atom. The van der Waals surface area contributed by atoms with Crippen LogP contribution in [-0.2, 0) is 28.6 Å². The standard InChI is InChI=1S/C60H116O6/c1-6-8-9-10-11-12-13-20-25-32-37-42-47-52-60(63)66-57(54-65-59(62)51-46-41-36-31-27-26-28-33-38-43-48-55(3)4)53-64-58(61)50-45-40-35-30-24-22-19-17-15-14-16-18-21-23-29-34-39-44-49-56(5)7-2/h55-57H,6-54H2,1-5H3/t56?,57-/m1/s1. The van der Waals surface area contributed by atoms with Gasteiger partial charge in [-0.05, 0) is 31.1 Å². The lowest BCUT2D eigenvalue weighted by Gasteiger charge is -2.18. The molecule has 6 nitrogen and oxygen atoms in total. The number of ether oxygens (including phenoxy) is 3. The van der Waals surface area contributed by atoms with Crippen LogP contribution in [0.4, 0.5) is 0 Å². The molecule has 2 atom stereocenters. The Balaban J connectivity index is 4.22. The van der Waals surface area contributed by atoms with Crippen molar-refractivity contribution in [3.63, 3.8) is 0 Å². The quantitative estimate of drug-likeness (QED) is 0.0343. The fourth-order valence-corrected chi connectivity index (χ4v) is 9.20. The Morgan fingerprint density at radius 3 is 0.864 bits per heavy atom. The summed E-state index contributed by atoms with van der Waals surface area (Å²) in [6, 6.07) is 0. The fraction of sp³-hybridized carbons (Fsp3) is 0.950. The summed E-state index contributed by atoms with van der Waals surface area (Å²) in [6.45, 7) is 11.4. The average molecular weight is 934 g/mol. The van der Waals surface area contributed by atoms with Gasteiger partial charge in [-0.1, -0.05) is 298 Å². The minimum atomic E-state index is -0.762. The Morgan fingerprint density at radius 2 is 0.576 bits per heavy atom. The van der Waals surface area contributed by atoms with Gasteiger partial charge in [0, 0.05) is 19.3 Å². The lowest BCUT2D eigenvalue weighted by atomic mass is 9.99. The van der Waals surface area contributed by atoms with Gasteiger partial charge in [-0.25, -0.2) is 0 Å². The van der Waals surface area contributed by atoms with Crippen LogP contribution in [0.5, 0.6) is 0 Å². The zero-order chi connectivity index (χ0) is 48.2. The predicted molar refractivity (Wildman–Crippen MR) is 284 cm³/mol. The van der Waals surface area contributed by atoms with Gasteiger partial charge in [-0.3, -0.25) is 14.4 Å². The summed E-state index contributed by atoms with van der Waals surface area (Å²) in [5.74, 6) is 0.890. The highest BCUT2D eigenvalue weighted by Gasteiger charge is 2.19. The van der Waals surface area contributed by atoms with Gasteiger partial charge < -0.3 is 14.2 Å². The third-order valence-electron chi connectivity index (χ3n) is 14.1. The maximum atomic E-state index is 12.8. The Hall–Kier alpha value is -1.59. The molecule has 6 heteroatoms. The number of hydrogen-bond donors (Lipinski definition) is 0. The van der Waals surface area contributed by atoms with Crippen molar-refractivity contribution in [3.05, 3.63) is 0 Å². The number of esters is 3. The van der Waals surface area contributed by atoms with Crippen molar-refractivity contribution >= 4 is 17.9 Å². The van der Waals surface area contributed by atoms with Gasteiger partial charge in [-0.2, -0.15) is 0 Å². The summed E-state index contributed by atoms with van der Waals surface area (Å²) in [7, 11) is 0. The molecule has 0 N–H and O–H groups in total. The topological polar surface area (TPSA) is 78.9 Å². The maximum absolute atomic E-state index is 12.8. The molecule has 0 rings (SSSR count). The monoisotopic (exact) mass is 933 g/mol. The first-order valence-electron chi connectivity index (χ1n) is 29.8. The molecular formula is C60H116O6. The number of hydrogen-bond acceptors (Lipinski definition) is 6. The van der Waals surface area contributed by atoms with Gasteiger partial charge in [0.15, 0.2) is 6.10 Å². The SMILES string of the molecule is CCCCCCCCCCCCCCCC(=O)O[C@H](COC(=O)CCCCCCCCCCCCCCCCCCCCC(C)CC)COC(=O)CCCCCCCCCCCCC(C)C. The third kappa shape index (κ3) is 51.8. The van der Waals surface area contributed by atoms with Crippen LogP contribution in [0, 0.1) is 11.8 Å². The van der Waals surface area contributed by atoms with Crippen LogP contribution in [0.3, 0.4) is 0 Å². The number of carbonyl (C=O) groups is 3. The molecule has 0 aromatic rings. The highest BCUT2D eigenvalue weighted by molar-refractivity contribution is 5.71. The molecule has 0 aliphatic carbocycles. The first-order chi connectivity index (χ1) is 32.3. The molecule has 0 saturated heterocycles. The Labute approximate surface area is 412 Å². The summed E-state index contributed by atoms with van der Waals surface area (Å²) >= 11 is 0. The van der Waals surface area contributed by atoms with Gasteiger partial charge in [0.25, 0.3) is 0 Å². The molecule has 0 bridgehead atoms. The van der Waals surface area contributed by atoms with Crippen LogP contribution in [0.1, 0.15) is 336 Å². The largest absolute Gasteiger partial charge is 0.462 e. The van der Waals surface area contributed by atoms with Crippen molar-refractivity contribution < 1.29 is 28.6 Å². The molecule has 0 spiro atoms. The van der Waals surface area contributed by atoms with Gasteiger partial charge in [0.05, 0.1) is 0 Å². The van der Waals surface area contributed by atoms with E-state index >= 15 is 0 Å².